The van der Waals surface area contributed by atoms with Crippen LogP contribution in [0.1, 0.15) is 42.9 Å². The Morgan fingerprint density at radius 1 is 1.35 bits per heavy atom. The normalized spacial score (nSPS) is 25.4. The summed E-state index contributed by atoms with van der Waals surface area (Å²) >= 11 is 6.27. The van der Waals surface area contributed by atoms with Crippen LogP contribution in [0, 0.1) is 12.8 Å². The fourth-order valence-corrected chi connectivity index (χ4v) is 4.61. The zero-order valence-corrected chi connectivity index (χ0v) is 13.5. The highest BCUT2D eigenvalue weighted by molar-refractivity contribution is 7.91. The molecule has 0 spiro atoms. The second-order valence-corrected chi connectivity index (χ2v) is 8.66. The van der Waals surface area contributed by atoms with Gasteiger partial charge >= 0.3 is 0 Å². The van der Waals surface area contributed by atoms with E-state index in [-0.39, 0.29) is 17.2 Å². The molecular weight excluding hydrogens is 294 g/mol. The van der Waals surface area contributed by atoms with Crippen LogP contribution in [-0.2, 0) is 9.84 Å². The van der Waals surface area contributed by atoms with Gasteiger partial charge in [-0.3, -0.25) is 0 Å². The van der Waals surface area contributed by atoms with Gasteiger partial charge in [0.05, 0.1) is 5.25 Å². The number of nitrogens with two attached hydrogens (primary N) is 1. The van der Waals surface area contributed by atoms with Gasteiger partial charge in [0.1, 0.15) is 9.84 Å². The smallest absolute Gasteiger partial charge is 0.150 e. The second kappa shape index (κ2) is 6.04. The fraction of sp³-hybridized carbons (Fsp3) is 0.600. The van der Waals surface area contributed by atoms with Crippen LogP contribution < -0.4 is 5.73 Å². The van der Waals surface area contributed by atoms with Crippen molar-refractivity contribution < 1.29 is 8.42 Å². The van der Waals surface area contributed by atoms with Gasteiger partial charge in [0.15, 0.2) is 0 Å². The summed E-state index contributed by atoms with van der Waals surface area (Å²) in [7, 11) is -2.98. The van der Waals surface area contributed by atoms with Gasteiger partial charge in [-0.05, 0) is 49.3 Å². The van der Waals surface area contributed by atoms with Gasteiger partial charge in [0.2, 0.25) is 0 Å². The number of sulfone groups is 1. The molecule has 3 unspecified atom stereocenters. The first-order chi connectivity index (χ1) is 9.29. The fourth-order valence-electron chi connectivity index (χ4n) is 3.05. The molecule has 1 aromatic carbocycles. The van der Waals surface area contributed by atoms with Crippen LogP contribution >= 0.6 is 11.6 Å². The molecule has 1 fully saturated rings. The highest BCUT2D eigenvalue weighted by atomic mass is 35.5. The minimum Gasteiger partial charge on any atom is -0.324 e. The van der Waals surface area contributed by atoms with Crippen molar-refractivity contribution in [3.8, 4) is 0 Å². The van der Waals surface area contributed by atoms with Crippen LogP contribution in [0.25, 0.3) is 0 Å². The summed E-state index contributed by atoms with van der Waals surface area (Å²) in [6.07, 6.45) is 4.61. The molecule has 112 valence electrons. The van der Waals surface area contributed by atoms with E-state index in [4.69, 9.17) is 17.3 Å². The number of benzene rings is 1. The monoisotopic (exact) mass is 315 g/mol. The highest BCUT2D eigenvalue weighted by Crippen LogP contribution is 2.37. The maximum atomic E-state index is 11.7. The molecule has 1 aromatic rings. The van der Waals surface area contributed by atoms with Crippen LogP contribution in [-0.4, -0.2) is 19.9 Å². The third kappa shape index (κ3) is 3.54. The van der Waals surface area contributed by atoms with E-state index in [0.717, 1.165) is 30.4 Å². The maximum absolute atomic E-state index is 11.7. The molecule has 2 rings (SSSR count). The number of rotatable bonds is 3. The van der Waals surface area contributed by atoms with E-state index in [0.29, 0.717) is 11.4 Å². The molecule has 5 heteroatoms. The van der Waals surface area contributed by atoms with Crippen LogP contribution in [0.4, 0.5) is 0 Å². The van der Waals surface area contributed by atoms with Crippen molar-refractivity contribution in [2.45, 2.75) is 43.9 Å². The van der Waals surface area contributed by atoms with Crippen molar-refractivity contribution in [3.63, 3.8) is 0 Å². The van der Waals surface area contributed by atoms with Gasteiger partial charge < -0.3 is 5.73 Å². The zero-order chi connectivity index (χ0) is 14.9. The van der Waals surface area contributed by atoms with Gasteiger partial charge in [-0.2, -0.15) is 0 Å². The Hall–Kier alpha value is -0.580. The molecule has 2 N–H and O–H groups in total. The van der Waals surface area contributed by atoms with Crippen LogP contribution in [0.15, 0.2) is 18.2 Å². The largest absolute Gasteiger partial charge is 0.324 e. The molecule has 0 aliphatic heterocycles. The third-order valence-corrected chi connectivity index (χ3v) is 6.26. The molecule has 0 saturated heterocycles. The first-order valence-electron chi connectivity index (χ1n) is 6.99. The standard InChI is InChI=1S/C15H22ClNO2S/c1-10-6-7-13(14(16)8-10)15(17)11-4-3-5-12(9-11)20(2,18)19/h6-8,11-12,15H,3-5,9,17H2,1-2H3. The van der Waals surface area contributed by atoms with E-state index in [2.05, 4.69) is 0 Å². The van der Waals surface area contributed by atoms with Crippen molar-refractivity contribution in [2.75, 3.05) is 6.26 Å². The molecular formula is C15H22ClNO2S. The summed E-state index contributed by atoms with van der Waals surface area (Å²) in [6.45, 7) is 1.99. The van der Waals surface area contributed by atoms with Crippen molar-refractivity contribution in [3.05, 3.63) is 34.3 Å². The predicted molar refractivity (Wildman–Crippen MR) is 83.7 cm³/mol. The van der Waals surface area contributed by atoms with Gasteiger partial charge in [-0.15, -0.1) is 0 Å². The van der Waals surface area contributed by atoms with Gasteiger partial charge in [0.25, 0.3) is 0 Å². The minimum atomic E-state index is -2.98. The first-order valence-corrected chi connectivity index (χ1v) is 9.33. The van der Waals surface area contributed by atoms with Crippen LogP contribution in [0.2, 0.25) is 5.02 Å². The van der Waals surface area contributed by atoms with E-state index in [9.17, 15) is 8.42 Å². The van der Waals surface area contributed by atoms with Crippen molar-refractivity contribution in [1.29, 1.82) is 0 Å². The Morgan fingerprint density at radius 2 is 2.05 bits per heavy atom. The second-order valence-electron chi connectivity index (χ2n) is 5.93. The molecule has 0 amide bonds. The summed E-state index contributed by atoms with van der Waals surface area (Å²) < 4.78 is 23.5. The summed E-state index contributed by atoms with van der Waals surface area (Å²) in [5.74, 6) is 0.184. The first kappa shape index (κ1) is 15.8. The van der Waals surface area contributed by atoms with E-state index < -0.39 is 9.84 Å². The Bertz CT molecular complexity index is 586. The lowest BCUT2D eigenvalue weighted by Crippen LogP contribution is -2.33. The number of hydrogen-bond acceptors (Lipinski definition) is 3. The predicted octanol–water partition coefficient (Wildman–Crippen LogP) is 3.25. The molecule has 0 bridgehead atoms. The Morgan fingerprint density at radius 3 is 2.65 bits per heavy atom. The Balaban J connectivity index is 2.18. The van der Waals surface area contributed by atoms with Crippen LogP contribution in [0.3, 0.4) is 0 Å². The van der Waals surface area contributed by atoms with E-state index in [1.54, 1.807) is 0 Å². The molecule has 1 aliphatic carbocycles. The molecule has 20 heavy (non-hydrogen) atoms. The third-order valence-electron chi connectivity index (χ3n) is 4.30. The van der Waals surface area contributed by atoms with E-state index in [1.807, 2.05) is 25.1 Å². The van der Waals surface area contributed by atoms with Gasteiger partial charge in [-0.1, -0.05) is 30.2 Å². The average Bonchev–Trinajstić information content (AvgIpc) is 2.37. The lowest BCUT2D eigenvalue weighted by molar-refractivity contribution is 0.309. The molecule has 0 aromatic heterocycles. The number of hydrogen-bond donors (Lipinski definition) is 1. The lowest BCUT2D eigenvalue weighted by Gasteiger charge is -2.32. The van der Waals surface area contributed by atoms with Crippen molar-refractivity contribution in [1.82, 2.24) is 0 Å². The Kier molecular flexibility index (Phi) is 4.77. The summed E-state index contributed by atoms with van der Waals surface area (Å²) in [4.78, 5) is 0. The molecule has 3 atom stereocenters. The topological polar surface area (TPSA) is 60.2 Å². The number of halogens is 1. The molecule has 1 aliphatic rings. The van der Waals surface area contributed by atoms with Crippen molar-refractivity contribution >= 4 is 21.4 Å². The minimum absolute atomic E-state index is 0.184. The summed E-state index contributed by atoms with van der Waals surface area (Å²) in [5.41, 5.74) is 8.37. The van der Waals surface area contributed by atoms with Gasteiger partial charge in [0, 0.05) is 17.3 Å². The molecule has 3 nitrogen and oxygen atoms in total. The molecule has 0 heterocycles. The molecule has 0 radical (unpaired) electrons. The van der Waals surface area contributed by atoms with E-state index >= 15 is 0 Å². The highest BCUT2D eigenvalue weighted by Gasteiger charge is 2.32. The lowest BCUT2D eigenvalue weighted by atomic mass is 9.81. The summed E-state index contributed by atoms with van der Waals surface area (Å²) in [6, 6.07) is 5.69. The quantitative estimate of drug-likeness (QED) is 0.931. The zero-order valence-electron chi connectivity index (χ0n) is 12.0. The maximum Gasteiger partial charge on any atom is 0.150 e. The Labute approximate surface area is 126 Å². The number of aryl methyl sites for hydroxylation is 1. The van der Waals surface area contributed by atoms with E-state index in [1.165, 1.54) is 6.26 Å². The van der Waals surface area contributed by atoms with Gasteiger partial charge in [-0.25, -0.2) is 8.42 Å². The SMILES string of the molecule is Cc1ccc(C(N)C2CCCC(S(C)(=O)=O)C2)c(Cl)c1. The summed E-state index contributed by atoms with van der Waals surface area (Å²) in [5, 5.41) is 0.426. The molecule has 1 saturated carbocycles. The van der Waals surface area contributed by atoms with Crippen molar-refractivity contribution in [2.24, 2.45) is 11.7 Å². The van der Waals surface area contributed by atoms with Crippen LogP contribution in [0.5, 0.6) is 0 Å². The average molecular weight is 316 g/mol.